The van der Waals surface area contributed by atoms with Gasteiger partial charge in [0.25, 0.3) is 0 Å². The van der Waals surface area contributed by atoms with Crippen LogP contribution in [-0.2, 0) is 38.4 Å². The van der Waals surface area contributed by atoms with Gasteiger partial charge in [0.05, 0.1) is 6.61 Å². The molecule has 1 fully saturated rings. The Morgan fingerprint density at radius 1 is 0.582 bits per heavy atom. The topological polar surface area (TPSA) is 616 Å². The molecule has 0 aromatic heterocycles. The maximum Gasteiger partial charge on any atom is 0.322 e. The van der Waals surface area contributed by atoms with Gasteiger partial charge in [-0.25, -0.2) is 0 Å². The van der Waals surface area contributed by atoms with Gasteiger partial charge in [0.1, 0.15) is 42.3 Å². The van der Waals surface area contributed by atoms with Crippen molar-refractivity contribution in [3.8, 4) is 0 Å². The Balaban J connectivity index is -0.000000163. The van der Waals surface area contributed by atoms with Crippen molar-refractivity contribution in [3.05, 3.63) is 0 Å². The standard InChI is InChI=1S/2C6H14N4O2.2C6H13NO2.C5H10N2O3.C5H9NO2.C3H7NO3/c2*7-4(5(11)12)2-1-3-10-6(8)9;2*1-3-4(2)5(7)6(8)9;6-3(5(9)10)1-2-4(7)8;7-5(8)4-2-1-3-6-4;4-2(1-5)3(6)7/h2*4H,1-3,7H2,(H,11,12)(H4,8,9,10);2*4-5H,3,7H2,1-2H3,(H,8,9);3H,1-2,6H2,(H2,7,8)(H,9,10);4,6H,1-3H2,(H,7,8);2,5H,1,4H2,(H,6,7)/t2*4-;2*4-,5-;3-;4-;2-/m0000000/s1. The lowest BCUT2D eigenvalue weighted by atomic mass is 10.0. The van der Waals surface area contributed by atoms with Gasteiger partial charge in [0.2, 0.25) is 5.91 Å². The number of aliphatic hydroxyl groups is 1. The number of amides is 1. The second-order valence-electron chi connectivity index (χ2n) is 14.4. The molecule has 0 saturated carbocycles. The maximum atomic E-state index is 10.2. The lowest BCUT2D eigenvalue weighted by Crippen LogP contribution is -2.36. The summed E-state index contributed by atoms with van der Waals surface area (Å²) in [5.41, 5.74) is 45.5. The Morgan fingerprint density at radius 3 is 1.07 bits per heavy atom. The van der Waals surface area contributed by atoms with E-state index in [0.29, 0.717) is 38.8 Å². The van der Waals surface area contributed by atoms with Gasteiger partial charge in [0, 0.05) is 19.5 Å². The van der Waals surface area contributed by atoms with Crippen molar-refractivity contribution in [2.24, 2.45) is 63.4 Å². The summed E-state index contributed by atoms with van der Waals surface area (Å²) < 4.78 is 0. The van der Waals surface area contributed by atoms with Crippen LogP contribution < -0.4 is 67.6 Å². The minimum Gasteiger partial charge on any atom is -0.480 e. The molecule has 30 nitrogen and oxygen atoms in total. The van der Waals surface area contributed by atoms with Crippen molar-refractivity contribution in [2.75, 3.05) is 26.2 Å². The quantitative estimate of drug-likeness (QED) is 0.0259. The molecule has 0 bridgehead atoms. The summed E-state index contributed by atoms with van der Waals surface area (Å²) in [4.78, 5) is 80.7. The van der Waals surface area contributed by atoms with Crippen LogP contribution in [0.2, 0.25) is 0 Å². The highest BCUT2D eigenvalue weighted by molar-refractivity contribution is 5.77. The monoisotopic (exact) mass is 977 g/mol. The fourth-order valence-electron chi connectivity index (χ4n) is 3.73. The average Bonchev–Trinajstić information content (AvgIpc) is 3.81. The molecule has 0 aromatic carbocycles. The molecule has 30 heteroatoms. The van der Waals surface area contributed by atoms with Crippen molar-refractivity contribution < 1.29 is 79.2 Å². The lowest BCUT2D eigenvalue weighted by Gasteiger charge is -2.11. The summed E-state index contributed by atoms with van der Waals surface area (Å²) in [7, 11) is 0. The van der Waals surface area contributed by atoms with Crippen LogP contribution in [-0.4, -0.2) is 169 Å². The molecular weight excluding hydrogens is 896 g/mol. The molecule has 9 atom stereocenters. The smallest absolute Gasteiger partial charge is 0.322 e. The lowest BCUT2D eigenvalue weighted by molar-refractivity contribution is -0.140. The summed E-state index contributed by atoms with van der Waals surface area (Å²) in [6.07, 6.45) is 5.48. The number of hydrogen-bond acceptors (Lipinski definition) is 18. The number of aliphatic hydroxyl groups excluding tert-OH is 1. The summed E-state index contributed by atoms with van der Waals surface area (Å²) in [6, 6.07) is -5.41. The molecule has 1 heterocycles. The van der Waals surface area contributed by atoms with Gasteiger partial charge in [-0.1, -0.05) is 40.5 Å². The first-order valence-electron chi connectivity index (χ1n) is 20.7. The van der Waals surface area contributed by atoms with Crippen LogP contribution in [0.5, 0.6) is 0 Å². The number of hydrogen-bond donors (Lipinski definition) is 22. The highest BCUT2D eigenvalue weighted by Crippen LogP contribution is 2.05. The maximum absolute atomic E-state index is 10.2. The first-order chi connectivity index (χ1) is 30.8. The number of nitrogens with two attached hydrogens (primary N) is 9. The summed E-state index contributed by atoms with van der Waals surface area (Å²) in [5, 5.41) is 87.5. The Bertz CT molecular complexity index is 1380. The third-order valence-electron chi connectivity index (χ3n) is 8.62. The van der Waals surface area contributed by atoms with Crippen LogP contribution in [0.3, 0.4) is 0 Å². The Hall–Kier alpha value is -6.02. The predicted molar refractivity (Wildman–Crippen MR) is 245 cm³/mol. The molecule has 0 radical (unpaired) electrons. The number of carboxylic acid groups (broad SMARTS) is 7. The predicted octanol–water partition coefficient (Wildman–Crippen LogP) is -4.91. The molecular formula is C37H80N14O16. The van der Waals surface area contributed by atoms with Crippen molar-refractivity contribution in [1.29, 1.82) is 10.8 Å². The van der Waals surface area contributed by atoms with Crippen LogP contribution in [0.4, 0.5) is 0 Å². The molecule has 1 aliphatic rings. The average molecular weight is 977 g/mol. The zero-order valence-electron chi connectivity index (χ0n) is 38.6. The fourth-order valence-corrected chi connectivity index (χ4v) is 3.73. The number of rotatable bonds is 23. The molecule has 0 aromatic rings. The van der Waals surface area contributed by atoms with E-state index >= 15 is 0 Å². The SMILES string of the molecule is CC[C@H](C)[C@H](N)C(=O)O.CC[C@H](C)[C@H](N)C(=O)O.N=C(N)NCCC[C@H](N)C(=O)O.N=C(N)NCCC[C@H](N)C(=O)O.NC(=O)CC[C@H](N)C(=O)O.N[C@@H](CO)C(=O)O.O=C(O)[C@@H]1CCCN1. The number of primary amides is 1. The van der Waals surface area contributed by atoms with Crippen LogP contribution in [0.25, 0.3) is 0 Å². The number of carboxylic acids is 7. The normalized spacial score (nSPS) is 15.5. The molecule has 0 unspecified atom stereocenters. The zero-order valence-corrected chi connectivity index (χ0v) is 38.6. The zero-order chi connectivity index (χ0) is 54.0. The van der Waals surface area contributed by atoms with E-state index in [1.165, 1.54) is 0 Å². The van der Waals surface area contributed by atoms with Crippen LogP contribution in [0.15, 0.2) is 0 Å². The van der Waals surface area contributed by atoms with E-state index in [1.807, 2.05) is 27.7 Å². The molecule has 394 valence electrons. The van der Waals surface area contributed by atoms with Gasteiger partial charge in [-0.15, -0.1) is 0 Å². The number of guanidine groups is 2. The van der Waals surface area contributed by atoms with E-state index in [-0.39, 0.29) is 42.6 Å². The number of carbonyl (C=O) groups excluding carboxylic acids is 1. The van der Waals surface area contributed by atoms with E-state index in [0.717, 1.165) is 32.2 Å². The van der Waals surface area contributed by atoms with E-state index in [4.69, 9.17) is 103 Å². The Labute approximate surface area is 389 Å². The first-order valence-corrected chi connectivity index (χ1v) is 20.7. The molecule has 31 N–H and O–H groups in total. The van der Waals surface area contributed by atoms with E-state index < -0.39 is 90.6 Å². The Kier molecular flexibility index (Phi) is 48.9. The van der Waals surface area contributed by atoms with Gasteiger partial charge in [-0.3, -0.25) is 49.2 Å². The van der Waals surface area contributed by atoms with Crippen molar-refractivity contribution in [3.63, 3.8) is 0 Å². The highest BCUT2D eigenvalue weighted by Gasteiger charge is 2.20. The van der Waals surface area contributed by atoms with E-state index in [2.05, 4.69) is 16.0 Å². The summed E-state index contributed by atoms with van der Waals surface area (Å²) in [6.45, 7) is 8.83. The number of nitrogens with one attached hydrogen (secondary N) is 5. The highest BCUT2D eigenvalue weighted by atomic mass is 16.4. The molecule has 1 amide bonds. The molecule has 1 rings (SSSR count). The van der Waals surface area contributed by atoms with Crippen molar-refractivity contribution in [1.82, 2.24) is 16.0 Å². The van der Waals surface area contributed by atoms with Gasteiger partial charge >= 0.3 is 41.8 Å². The van der Waals surface area contributed by atoms with Crippen LogP contribution in [0.1, 0.15) is 91.9 Å². The van der Waals surface area contributed by atoms with E-state index in [9.17, 15) is 38.4 Å². The Morgan fingerprint density at radius 2 is 0.910 bits per heavy atom. The summed E-state index contributed by atoms with van der Waals surface area (Å²) >= 11 is 0. The molecule has 1 aliphatic heterocycles. The third kappa shape index (κ3) is 52.5. The molecule has 0 spiro atoms. The minimum atomic E-state index is -1.18. The van der Waals surface area contributed by atoms with Gasteiger partial charge < -0.3 is 108 Å². The second kappa shape index (κ2) is 45.1. The van der Waals surface area contributed by atoms with Crippen LogP contribution in [0, 0.1) is 22.7 Å². The first kappa shape index (κ1) is 72.6. The van der Waals surface area contributed by atoms with Crippen molar-refractivity contribution in [2.45, 2.75) is 134 Å². The van der Waals surface area contributed by atoms with Gasteiger partial charge in [-0.2, -0.15) is 0 Å². The van der Waals surface area contributed by atoms with E-state index in [1.54, 1.807) is 0 Å². The molecule has 1 saturated heterocycles. The number of aliphatic carboxylic acids is 7. The van der Waals surface area contributed by atoms with Gasteiger partial charge in [-0.05, 0) is 63.3 Å². The summed E-state index contributed by atoms with van der Waals surface area (Å²) in [5.74, 6) is -7.45. The second-order valence-corrected chi connectivity index (χ2v) is 14.4. The largest absolute Gasteiger partial charge is 0.480 e. The molecule has 67 heavy (non-hydrogen) atoms. The van der Waals surface area contributed by atoms with Crippen LogP contribution >= 0.6 is 0 Å². The molecule has 0 aliphatic carbocycles. The number of carbonyl (C=O) groups is 8. The fraction of sp³-hybridized carbons (Fsp3) is 0.730. The van der Waals surface area contributed by atoms with Gasteiger partial charge in [0.15, 0.2) is 11.9 Å². The third-order valence-corrected chi connectivity index (χ3v) is 8.62. The van der Waals surface area contributed by atoms with Crippen molar-refractivity contribution >= 4 is 59.6 Å². The minimum absolute atomic E-state index is 0.0213.